The molecule has 0 saturated carbocycles. The van der Waals surface area contributed by atoms with E-state index < -0.39 is 0 Å². The quantitative estimate of drug-likeness (QED) is 0.168. The summed E-state index contributed by atoms with van der Waals surface area (Å²) < 4.78 is 4.62. The highest BCUT2D eigenvalue weighted by Gasteiger charge is 2.08. The zero-order chi connectivity index (χ0) is 20.1. The van der Waals surface area contributed by atoms with E-state index >= 15 is 0 Å². The van der Waals surface area contributed by atoms with Crippen molar-refractivity contribution in [2.45, 2.75) is 32.1 Å². The van der Waals surface area contributed by atoms with E-state index in [9.17, 15) is 9.59 Å². The number of amides is 1. The summed E-state index contributed by atoms with van der Waals surface area (Å²) in [5, 5.41) is 6.54. The largest absolute Gasteiger partial charge is 0.469 e. The van der Waals surface area contributed by atoms with E-state index in [2.05, 4.69) is 20.4 Å². The molecule has 0 bridgehead atoms. The lowest BCUT2D eigenvalue weighted by Gasteiger charge is -2.13. The molecule has 8 heteroatoms. The van der Waals surface area contributed by atoms with E-state index in [4.69, 9.17) is 0 Å². The lowest BCUT2D eigenvalue weighted by atomic mass is 10.1. The smallest absolute Gasteiger partial charge is 0.305 e. The monoisotopic (exact) mass is 504 g/mol. The van der Waals surface area contributed by atoms with Crippen LogP contribution in [-0.2, 0) is 16.0 Å². The molecule has 7 nitrogen and oxygen atoms in total. The van der Waals surface area contributed by atoms with Gasteiger partial charge < -0.3 is 20.3 Å². The third-order valence-corrected chi connectivity index (χ3v) is 4.09. The number of carbonyl (C=O) groups is 2. The molecule has 0 spiro atoms. The van der Waals surface area contributed by atoms with E-state index in [0.717, 1.165) is 50.3 Å². The number of unbranched alkanes of at least 4 members (excludes halogenated alkanes) is 2. The molecule has 0 radical (unpaired) electrons. The highest BCUT2D eigenvalue weighted by atomic mass is 127. The molecule has 1 amide bonds. The van der Waals surface area contributed by atoms with Gasteiger partial charge in [0.25, 0.3) is 5.91 Å². The first-order valence-electron chi connectivity index (χ1n) is 9.30. The van der Waals surface area contributed by atoms with E-state index in [-0.39, 0.29) is 35.9 Å². The van der Waals surface area contributed by atoms with Crippen LogP contribution in [0.5, 0.6) is 0 Å². The van der Waals surface area contributed by atoms with Crippen molar-refractivity contribution in [2.75, 3.05) is 41.3 Å². The van der Waals surface area contributed by atoms with Gasteiger partial charge in [0.15, 0.2) is 5.96 Å². The summed E-state index contributed by atoms with van der Waals surface area (Å²) in [6.07, 6.45) is 4.04. The lowest BCUT2D eigenvalue weighted by Crippen LogP contribution is -2.38. The van der Waals surface area contributed by atoms with E-state index in [1.54, 1.807) is 26.0 Å². The van der Waals surface area contributed by atoms with Crippen molar-refractivity contribution in [3.8, 4) is 0 Å². The Morgan fingerprint density at radius 1 is 1.11 bits per heavy atom. The number of aliphatic imine (C=N–C) groups is 1. The summed E-state index contributed by atoms with van der Waals surface area (Å²) in [7, 11) is 6.65. The summed E-state index contributed by atoms with van der Waals surface area (Å²) in [5.74, 6) is 0.606. The standard InChI is InChI=1S/C20H32N4O3.HI/c1-21-20(22-13-7-5-6-11-18(25)27-4)23-14-12-16-9-8-10-17(15-16)19(26)24(2)3;/h8-10,15H,5-7,11-14H2,1-4H3,(H2,21,22,23);1H. The van der Waals surface area contributed by atoms with Crippen LogP contribution in [0.3, 0.4) is 0 Å². The molecular weight excluding hydrogens is 471 g/mol. The molecular formula is C20H33IN4O3. The molecule has 1 rings (SSSR count). The molecule has 0 saturated heterocycles. The van der Waals surface area contributed by atoms with Crippen LogP contribution in [0.25, 0.3) is 0 Å². The molecule has 158 valence electrons. The fourth-order valence-electron chi connectivity index (χ4n) is 2.54. The van der Waals surface area contributed by atoms with Crippen LogP contribution >= 0.6 is 24.0 Å². The fourth-order valence-corrected chi connectivity index (χ4v) is 2.54. The number of carbonyl (C=O) groups excluding carboxylic acids is 2. The van der Waals surface area contributed by atoms with Crippen molar-refractivity contribution in [1.82, 2.24) is 15.5 Å². The highest BCUT2D eigenvalue weighted by Crippen LogP contribution is 2.07. The summed E-state index contributed by atoms with van der Waals surface area (Å²) in [6, 6.07) is 7.69. The third-order valence-electron chi connectivity index (χ3n) is 4.09. The Bertz CT molecular complexity index is 636. The average molecular weight is 504 g/mol. The second kappa shape index (κ2) is 15.1. The van der Waals surface area contributed by atoms with E-state index in [1.807, 2.05) is 24.3 Å². The average Bonchev–Trinajstić information content (AvgIpc) is 2.68. The Morgan fingerprint density at radius 2 is 1.82 bits per heavy atom. The maximum atomic E-state index is 12.0. The van der Waals surface area contributed by atoms with Gasteiger partial charge in [-0.2, -0.15) is 0 Å². The summed E-state index contributed by atoms with van der Waals surface area (Å²) in [6.45, 7) is 1.52. The van der Waals surface area contributed by atoms with Crippen LogP contribution in [0.2, 0.25) is 0 Å². The highest BCUT2D eigenvalue weighted by molar-refractivity contribution is 14.0. The van der Waals surface area contributed by atoms with Crippen LogP contribution in [0.1, 0.15) is 41.6 Å². The Morgan fingerprint density at radius 3 is 2.46 bits per heavy atom. The Hall–Kier alpha value is -1.84. The molecule has 0 unspecified atom stereocenters. The number of nitrogens with one attached hydrogen (secondary N) is 2. The topological polar surface area (TPSA) is 83.0 Å². The van der Waals surface area contributed by atoms with Crippen LogP contribution in [-0.4, -0.2) is 64.1 Å². The minimum Gasteiger partial charge on any atom is -0.469 e. The van der Waals surface area contributed by atoms with Gasteiger partial charge in [0.2, 0.25) is 0 Å². The molecule has 0 atom stereocenters. The van der Waals surface area contributed by atoms with Crippen LogP contribution in [0.4, 0.5) is 0 Å². The molecule has 0 aliphatic heterocycles. The second-order valence-electron chi connectivity index (χ2n) is 6.46. The molecule has 28 heavy (non-hydrogen) atoms. The van der Waals surface area contributed by atoms with Gasteiger partial charge in [-0.3, -0.25) is 14.6 Å². The van der Waals surface area contributed by atoms with Crippen LogP contribution in [0.15, 0.2) is 29.3 Å². The van der Waals surface area contributed by atoms with Gasteiger partial charge in [-0.15, -0.1) is 24.0 Å². The minimum absolute atomic E-state index is 0. The Balaban J connectivity index is 0.00000729. The van der Waals surface area contributed by atoms with Gasteiger partial charge in [-0.1, -0.05) is 18.6 Å². The van der Waals surface area contributed by atoms with Crippen molar-refractivity contribution in [2.24, 2.45) is 4.99 Å². The number of methoxy groups -OCH3 is 1. The normalized spacial score (nSPS) is 10.6. The predicted molar refractivity (Wildman–Crippen MR) is 123 cm³/mol. The van der Waals surface area contributed by atoms with Crippen molar-refractivity contribution in [3.63, 3.8) is 0 Å². The number of esters is 1. The van der Waals surface area contributed by atoms with Gasteiger partial charge in [0.1, 0.15) is 0 Å². The zero-order valence-electron chi connectivity index (χ0n) is 17.3. The minimum atomic E-state index is -0.156. The molecule has 0 fully saturated rings. The molecule has 0 heterocycles. The first kappa shape index (κ1) is 26.2. The van der Waals surface area contributed by atoms with E-state index in [1.165, 1.54) is 7.11 Å². The van der Waals surface area contributed by atoms with Crippen molar-refractivity contribution in [1.29, 1.82) is 0 Å². The first-order chi connectivity index (χ1) is 13.0. The number of benzene rings is 1. The Kier molecular flexibility index (Phi) is 14.1. The predicted octanol–water partition coefficient (Wildman–Crippen LogP) is 2.45. The van der Waals surface area contributed by atoms with Crippen LogP contribution in [0, 0.1) is 0 Å². The summed E-state index contributed by atoms with van der Waals surface area (Å²) in [5.41, 5.74) is 1.81. The number of rotatable bonds is 10. The van der Waals surface area contributed by atoms with Crippen LogP contribution < -0.4 is 10.6 Å². The SMILES string of the molecule is CN=C(NCCCCCC(=O)OC)NCCc1cccc(C(=O)N(C)C)c1.I. The molecule has 0 aliphatic rings. The first-order valence-corrected chi connectivity index (χ1v) is 9.30. The van der Waals surface area contributed by atoms with Gasteiger partial charge >= 0.3 is 5.97 Å². The number of ether oxygens (including phenoxy) is 1. The van der Waals surface area contributed by atoms with Crippen molar-refractivity contribution in [3.05, 3.63) is 35.4 Å². The number of nitrogens with zero attached hydrogens (tertiary/aromatic N) is 2. The second-order valence-corrected chi connectivity index (χ2v) is 6.46. The maximum Gasteiger partial charge on any atom is 0.305 e. The van der Waals surface area contributed by atoms with Crippen molar-refractivity contribution < 1.29 is 14.3 Å². The van der Waals surface area contributed by atoms with Crippen molar-refractivity contribution >= 4 is 41.8 Å². The molecule has 2 N–H and O–H groups in total. The third kappa shape index (κ3) is 10.5. The fraction of sp³-hybridized carbons (Fsp3) is 0.550. The van der Waals surface area contributed by atoms with E-state index in [0.29, 0.717) is 12.0 Å². The number of hydrogen-bond acceptors (Lipinski definition) is 4. The summed E-state index contributed by atoms with van der Waals surface area (Å²) in [4.78, 5) is 28.9. The molecule has 1 aromatic rings. The van der Waals surface area contributed by atoms with Gasteiger partial charge in [-0.25, -0.2) is 0 Å². The lowest BCUT2D eigenvalue weighted by molar-refractivity contribution is -0.140. The molecule has 1 aromatic carbocycles. The maximum absolute atomic E-state index is 12.0. The number of hydrogen-bond donors (Lipinski definition) is 2. The molecule has 0 aliphatic carbocycles. The van der Waals surface area contributed by atoms with Gasteiger partial charge in [-0.05, 0) is 37.0 Å². The van der Waals surface area contributed by atoms with Gasteiger partial charge in [0, 0.05) is 46.2 Å². The zero-order valence-corrected chi connectivity index (χ0v) is 19.6. The number of guanidine groups is 1. The summed E-state index contributed by atoms with van der Waals surface area (Å²) >= 11 is 0. The Labute approximate surface area is 185 Å². The number of halogens is 1. The molecule has 0 aromatic heterocycles. The van der Waals surface area contributed by atoms with Gasteiger partial charge in [0.05, 0.1) is 7.11 Å².